The Bertz CT molecular complexity index is 859. The minimum absolute atomic E-state index is 0.0225. The smallest absolute Gasteiger partial charge is 0.195 e. The summed E-state index contributed by atoms with van der Waals surface area (Å²) < 4.78 is 2.00. The number of nitrogen functional groups attached to an aromatic ring is 1. The van der Waals surface area contributed by atoms with Crippen LogP contribution in [0.2, 0.25) is 0 Å². The lowest BCUT2D eigenvalue weighted by Gasteiger charge is -2.06. The Morgan fingerprint density at radius 1 is 1.10 bits per heavy atom. The number of aryl methyl sites for hydroxylation is 2. The van der Waals surface area contributed by atoms with E-state index >= 15 is 0 Å². The van der Waals surface area contributed by atoms with Gasteiger partial charge in [0.25, 0.3) is 0 Å². The highest BCUT2D eigenvalue weighted by Crippen LogP contribution is 2.26. The number of ketones is 1. The number of nitrogens with zero attached hydrogens (tertiary/aromatic N) is 1. The van der Waals surface area contributed by atoms with Crippen molar-refractivity contribution in [1.82, 2.24) is 4.57 Å². The van der Waals surface area contributed by atoms with Gasteiger partial charge in [-0.1, -0.05) is 24.3 Å². The molecule has 0 bridgehead atoms. The van der Waals surface area contributed by atoms with Crippen molar-refractivity contribution in [1.29, 1.82) is 0 Å². The van der Waals surface area contributed by atoms with E-state index in [1.54, 1.807) is 0 Å². The summed E-state index contributed by atoms with van der Waals surface area (Å²) in [4.78, 5) is 12.9. The second-order valence-electron chi connectivity index (χ2n) is 5.52. The lowest BCUT2D eigenvalue weighted by molar-refractivity contribution is 0.103. The fraction of sp³-hybridized carbons (Fsp3) is 0.167. The highest BCUT2D eigenvalue weighted by Gasteiger charge is 2.18. The van der Waals surface area contributed by atoms with E-state index < -0.39 is 0 Å². The topological polar surface area (TPSA) is 48.0 Å². The average molecular weight is 278 g/mol. The Kier molecular flexibility index (Phi) is 3.05. The third-order valence-electron chi connectivity index (χ3n) is 4.01. The van der Waals surface area contributed by atoms with E-state index in [4.69, 9.17) is 5.73 Å². The lowest BCUT2D eigenvalue weighted by Crippen LogP contribution is -2.05. The lowest BCUT2D eigenvalue weighted by atomic mass is 9.97. The Morgan fingerprint density at radius 2 is 1.86 bits per heavy atom. The van der Waals surface area contributed by atoms with Crippen LogP contribution in [-0.2, 0) is 7.05 Å². The summed E-state index contributed by atoms with van der Waals surface area (Å²) in [7, 11) is 1.96. The van der Waals surface area contributed by atoms with Crippen molar-refractivity contribution in [2.45, 2.75) is 13.8 Å². The Balaban J connectivity index is 2.21. The molecule has 3 aromatic rings. The van der Waals surface area contributed by atoms with Crippen molar-refractivity contribution >= 4 is 22.4 Å². The normalized spacial score (nSPS) is 11.0. The summed E-state index contributed by atoms with van der Waals surface area (Å²) in [5.41, 5.74) is 11.1. The van der Waals surface area contributed by atoms with Gasteiger partial charge in [-0.15, -0.1) is 0 Å². The molecule has 0 unspecified atom stereocenters. The minimum atomic E-state index is 0.0225. The first-order valence-corrected chi connectivity index (χ1v) is 6.94. The number of carbonyl (C=O) groups is 1. The second-order valence-corrected chi connectivity index (χ2v) is 5.52. The van der Waals surface area contributed by atoms with Crippen LogP contribution in [0.5, 0.6) is 0 Å². The van der Waals surface area contributed by atoms with Gasteiger partial charge in [0, 0.05) is 41.0 Å². The molecule has 1 heterocycles. The fourth-order valence-corrected chi connectivity index (χ4v) is 2.72. The van der Waals surface area contributed by atoms with Crippen LogP contribution >= 0.6 is 0 Å². The van der Waals surface area contributed by atoms with Crippen molar-refractivity contribution in [3.05, 3.63) is 64.8 Å². The van der Waals surface area contributed by atoms with Crippen molar-refractivity contribution in [3.63, 3.8) is 0 Å². The summed E-state index contributed by atoms with van der Waals surface area (Å²) in [6.07, 6.45) is 1.90. The van der Waals surface area contributed by atoms with Crippen molar-refractivity contribution in [3.8, 4) is 0 Å². The molecule has 0 saturated carbocycles. The number of anilines is 1. The molecular weight excluding hydrogens is 260 g/mol. The summed E-state index contributed by atoms with van der Waals surface area (Å²) in [5.74, 6) is 0.0225. The van der Waals surface area contributed by atoms with Crippen LogP contribution in [0.3, 0.4) is 0 Å². The Morgan fingerprint density at radius 3 is 2.62 bits per heavy atom. The number of aromatic nitrogens is 1. The molecule has 0 radical (unpaired) electrons. The van der Waals surface area contributed by atoms with E-state index in [0.29, 0.717) is 11.3 Å². The molecule has 0 atom stereocenters. The number of benzene rings is 2. The van der Waals surface area contributed by atoms with E-state index in [0.717, 1.165) is 22.0 Å². The molecule has 2 aromatic carbocycles. The summed E-state index contributed by atoms with van der Waals surface area (Å²) in [5, 5.41) is 0.981. The van der Waals surface area contributed by atoms with Crippen LogP contribution in [0.4, 0.5) is 5.69 Å². The largest absolute Gasteiger partial charge is 0.398 e. The third kappa shape index (κ3) is 2.11. The molecule has 0 aliphatic rings. The molecule has 0 aliphatic heterocycles. The predicted molar refractivity (Wildman–Crippen MR) is 86.7 cm³/mol. The molecule has 21 heavy (non-hydrogen) atoms. The van der Waals surface area contributed by atoms with Crippen LogP contribution in [0.25, 0.3) is 10.9 Å². The van der Waals surface area contributed by atoms with E-state index in [2.05, 4.69) is 13.0 Å². The van der Waals surface area contributed by atoms with Gasteiger partial charge in [-0.25, -0.2) is 0 Å². The Hall–Kier alpha value is -2.55. The molecule has 0 fully saturated rings. The average Bonchev–Trinajstić information content (AvgIpc) is 2.78. The number of hydrogen-bond acceptors (Lipinski definition) is 2. The number of rotatable bonds is 2. The maximum Gasteiger partial charge on any atom is 0.195 e. The van der Waals surface area contributed by atoms with E-state index in [-0.39, 0.29) is 5.78 Å². The summed E-state index contributed by atoms with van der Waals surface area (Å²) in [6, 6.07) is 11.6. The minimum Gasteiger partial charge on any atom is -0.398 e. The molecular formula is C18H18N2O. The van der Waals surface area contributed by atoms with Crippen LogP contribution < -0.4 is 5.73 Å². The maximum absolute atomic E-state index is 12.9. The number of carbonyl (C=O) groups excluding carboxylic acids is 1. The quantitative estimate of drug-likeness (QED) is 0.575. The zero-order valence-corrected chi connectivity index (χ0v) is 12.5. The molecule has 1 aromatic heterocycles. The molecule has 0 spiro atoms. The molecule has 3 nitrogen and oxygen atoms in total. The van der Waals surface area contributed by atoms with E-state index in [9.17, 15) is 4.79 Å². The molecule has 2 N–H and O–H groups in total. The van der Waals surface area contributed by atoms with Crippen molar-refractivity contribution in [2.75, 3.05) is 5.73 Å². The van der Waals surface area contributed by atoms with Gasteiger partial charge in [0.1, 0.15) is 0 Å². The molecule has 0 amide bonds. The standard InChI is InChI=1S/C18H18N2O/c1-11-7-8-14-15(10-20(3)17(14)9-11)18(21)13-5-4-6-16(19)12(13)2/h4-10H,19H2,1-3H3. The van der Waals surface area contributed by atoms with Gasteiger partial charge in [0.05, 0.1) is 0 Å². The fourth-order valence-electron chi connectivity index (χ4n) is 2.72. The van der Waals surface area contributed by atoms with Gasteiger partial charge in [0.15, 0.2) is 5.78 Å². The summed E-state index contributed by atoms with van der Waals surface area (Å²) in [6.45, 7) is 3.94. The first kappa shape index (κ1) is 13.4. The van der Waals surface area contributed by atoms with Gasteiger partial charge < -0.3 is 10.3 Å². The van der Waals surface area contributed by atoms with Crippen LogP contribution in [0.15, 0.2) is 42.6 Å². The zero-order valence-electron chi connectivity index (χ0n) is 12.5. The van der Waals surface area contributed by atoms with Gasteiger partial charge in [0.2, 0.25) is 0 Å². The van der Waals surface area contributed by atoms with Crippen molar-refractivity contribution < 1.29 is 4.79 Å². The molecule has 0 saturated heterocycles. The third-order valence-corrected chi connectivity index (χ3v) is 4.01. The zero-order chi connectivity index (χ0) is 15.1. The maximum atomic E-state index is 12.9. The number of fused-ring (bicyclic) bond motifs is 1. The SMILES string of the molecule is Cc1ccc2c(C(=O)c3cccc(N)c3C)cn(C)c2c1. The van der Waals surface area contributed by atoms with Crippen LogP contribution in [0.1, 0.15) is 27.0 Å². The molecule has 0 aliphatic carbocycles. The van der Waals surface area contributed by atoms with Gasteiger partial charge in [-0.2, -0.15) is 0 Å². The van der Waals surface area contributed by atoms with Crippen LogP contribution in [0, 0.1) is 13.8 Å². The first-order valence-electron chi connectivity index (χ1n) is 6.94. The second kappa shape index (κ2) is 4.77. The van der Waals surface area contributed by atoms with E-state index in [1.165, 1.54) is 5.56 Å². The van der Waals surface area contributed by atoms with Gasteiger partial charge >= 0.3 is 0 Å². The first-order chi connectivity index (χ1) is 9.99. The molecule has 106 valence electrons. The highest BCUT2D eigenvalue weighted by atomic mass is 16.1. The monoisotopic (exact) mass is 278 g/mol. The van der Waals surface area contributed by atoms with Gasteiger partial charge in [-0.3, -0.25) is 4.79 Å². The molecule has 3 heteroatoms. The van der Waals surface area contributed by atoms with E-state index in [1.807, 2.05) is 55.1 Å². The highest BCUT2D eigenvalue weighted by molar-refractivity contribution is 6.17. The number of hydrogen-bond donors (Lipinski definition) is 1. The number of nitrogens with two attached hydrogens (primary N) is 1. The predicted octanol–water partition coefficient (Wildman–Crippen LogP) is 3.61. The van der Waals surface area contributed by atoms with Crippen molar-refractivity contribution in [2.24, 2.45) is 7.05 Å². The summed E-state index contributed by atoms with van der Waals surface area (Å²) >= 11 is 0. The Labute approximate surface area is 124 Å². The van der Waals surface area contributed by atoms with Gasteiger partial charge in [-0.05, 0) is 37.1 Å². The van der Waals surface area contributed by atoms with Crippen LogP contribution in [-0.4, -0.2) is 10.4 Å². The molecule has 3 rings (SSSR count).